The van der Waals surface area contributed by atoms with Crippen molar-refractivity contribution in [3.63, 3.8) is 0 Å². The molecule has 1 amide bonds. The Bertz CT molecular complexity index is 859. The van der Waals surface area contributed by atoms with Crippen molar-refractivity contribution in [1.29, 1.82) is 0 Å². The van der Waals surface area contributed by atoms with E-state index >= 15 is 0 Å². The average Bonchev–Trinajstić information content (AvgIpc) is 2.78. The highest BCUT2D eigenvalue weighted by atomic mass is 35.5. The average molecular weight is 347 g/mol. The van der Waals surface area contributed by atoms with E-state index in [1.807, 2.05) is 0 Å². The summed E-state index contributed by atoms with van der Waals surface area (Å²) in [5.41, 5.74) is 2.31. The number of phenolic OH excluding ortho intramolecular Hbond substituents is 1. The van der Waals surface area contributed by atoms with Crippen molar-refractivity contribution < 1.29 is 9.90 Å². The van der Waals surface area contributed by atoms with Crippen LogP contribution in [0.25, 0.3) is 6.08 Å². The molecule has 0 fully saturated rings. The minimum absolute atomic E-state index is 0.140. The fraction of sp³-hybridized carbons (Fsp3) is 0.0588. The first kappa shape index (κ1) is 15.6. The van der Waals surface area contributed by atoms with Crippen LogP contribution < -0.4 is 5.01 Å². The van der Waals surface area contributed by atoms with Crippen molar-refractivity contribution in [1.82, 2.24) is 0 Å². The lowest BCUT2D eigenvalue weighted by Crippen LogP contribution is -2.21. The summed E-state index contributed by atoms with van der Waals surface area (Å²) in [6, 6.07) is 11.6. The molecule has 0 spiro atoms. The molecule has 0 aliphatic carbocycles. The first-order chi connectivity index (χ1) is 11.0. The molecule has 4 nitrogen and oxygen atoms in total. The van der Waals surface area contributed by atoms with Gasteiger partial charge in [0.05, 0.1) is 27.0 Å². The summed E-state index contributed by atoms with van der Waals surface area (Å²) in [5.74, 6) is -0.120. The summed E-state index contributed by atoms with van der Waals surface area (Å²) in [7, 11) is 0. The second kappa shape index (κ2) is 6.07. The van der Waals surface area contributed by atoms with Gasteiger partial charge in [-0.05, 0) is 48.9 Å². The van der Waals surface area contributed by atoms with E-state index < -0.39 is 0 Å². The van der Waals surface area contributed by atoms with Crippen LogP contribution in [0.2, 0.25) is 10.0 Å². The quantitative estimate of drug-likeness (QED) is 0.813. The molecule has 0 saturated heterocycles. The highest BCUT2D eigenvalue weighted by Gasteiger charge is 2.28. The number of anilines is 1. The second-order valence-electron chi connectivity index (χ2n) is 5.05. The minimum Gasteiger partial charge on any atom is -0.508 e. The number of hydrogen-bond acceptors (Lipinski definition) is 3. The van der Waals surface area contributed by atoms with Gasteiger partial charge in [0.15, 0.2) is 0 Å². The zero-order valence-electron chi connectivity index (χ0n) is 12.1. The number of hydrazone groups is 1. The maximum atomic E-state index is 12.6. The maximum Gasteiger partial charge on any atom is 0.280 e. The van der Waals surface area contributed by atoms with Crippen molar-refractivity contribution in [2.45, 2.75) is 6.92 Å². The Balaban J connectivity index is 1.96. The fourth-order valence-electron chi connectivity index (χ4n) is 2.26. The molecule has 6 heteroatoms. The Labute approximate surface area is 143 Å². The smallest absolute Gasteiger partial charge is 0.280 e. The van der Waals surface area contributed by atoms with Gasteiger partial charge in [-0.25, -0.2) is 0 Å². The number of phenols is 1. The maximum absolute atomic E-state index is 12.6. The first-order valence-corrected chi connectivity index (χ1v) is 7.57. The topological polar surface area (TPSA) is 52.9 Å². The second-order valence-corrected chi connectivity index (χ2v) is 5.87. The molecule has 1 aliphatic rings. The van der Waals surface area contributed by atoms with E-state index in [2.05, 4.69) is 5.10 Å². The molecular formula is C17H12Cl2N2O2. The van der Waals surface area contributed by atoms with E-state index in [0.29, 0.717) is 27.0 Å². The Morgan fingerprint density at radius 2 is 1.91 bits per heavy atom. The van der Waals surface area contributed by atoms with Crippen LogP contribution in [0.1, 0.15) is 12.5 Å². The molecule has 2 aromatic carbocycles. The summed E-state index contributed by atoms with van der Waals surface area (Å²) in [6.45, 7) is 1.75. The number of hydrogen-bond donors (Lipinski definition) is 1. The standard InChI is InChI=1S/C17H12Cl2N2O2/c1-10-14(8-11-3-2-4-13(22)7-11)17(23)21(20-10)12-5-6-15(18)16(19)9-12/h2-9,22H,1H3/b14-8+. The molecular weight excluding hydrogens is 335 g/mol. The third-order valence-electron chi connectivity index (χ3n) is 3.39. The van der Waals surface area contributed by atoms with Crippen molar-refractivity contribution >= 4 is 46.6 Å². The van der Waals surface area contributed by atoms with Gasteiger partial charge in [0.25, 0.3) is 5.91 Å². The number of aromatic hydroxyl groups is 1. The van der Waals surface area contributed by atoms with Gasteiger partial charge in [0.1, 0.15) is 5.75 Å². The van der Waals surface area contributed by atoms with Gasteiger partial charge in [-0.2, -0.15) is 10.1 Å². The normalized spacial score (nSPS) is 16.1. The van der Waals surface area contributed by atoms with Gasteiger partial charge < -0.3 is 5.11 Å². The number of halogens is 2. The zero-order chi connectivity index (χ0) is 16.6. The molecule has 1 aliphatic heterocycles. The molecule has 3 rings (SSSR count). The third kappa shape index (κ3) is 3.09. The molecule has 2 aromatic rings. The van der Waals surface area contributed by atoms with Crippen molar-refractivity contribution in [3.05, 3.63) is 63.6 Å². The van der Waals surface area contributed by atoms with E-state index in [-0.39, 0.29) is 11.7 Å². The largest absolute Gasteiger partial charge is 0.508 e. The van der Waals surface area contributed by atoms with Crippen molar-refractivity contribution in [3.8, 4) is 5.75 Å². The van der Waals surface area contributed by atoms with Crippen LogP contribution in [0.5, 0.6) is 5.75 Å². The van der Waals surface area contributed by atoms with Crippen LogP contribution in [-0.4, -0.2) is 16.7 Å². The van der Waals surface area contributed by atoms with Gasteiger partial charge in [-0.15, -0.1) is 0 Å². The van der Waals surface area contributed by atoms with Gasteiger partial charge in [-0.3, -0.25) is 4.79 Å². The lowest BCUT2D eigenvalue weighted by molar-refractivity contribution is -0.114. The zero-order valence-corrected chi connectivity index (χ0v) is 13.6. The highest BCUT2D eigenvalue weighted by molar-refractivity contribution is 6.42. The van der Waals surface area contributed by atoms with Gasteiger partial charge in [-0.1, -0.05) is 35.3 Å². The number of nitrogens with zero attached hydrogens (tertiary/aromatic N) is 2. The van der Waals surface area contributed by atoms with Crippen LogP contribution in [0.3, 0.4) is 0 Å². The van der Waals surface area contributed by atoms with E-state index in [1.165, 1.54) is 5.01 Å². The Morgan fingerprint density at radius 1 is 1.13 bits per heavy atom. The summed E-state index contributed by atoms with van der Waals surface area (Å²) in [4.78, 5) is 12.6. The third-order valence-corrected chi connectivity index (χ3v) is 4.13. The molecule has 0 radical (unpaired) electrons. The summed E-state index contributed by atoms with van der Waals surface area (Å²) < 4.78 is 0. The van der Waals surface area contributed by atoms with Crippen LogP contribution in [0.4, 0.5) is 5.69 Å². The predicted octanol–water partition coefficient (Wildman–Crippen LogP) is 4.51. The summed E-state index contributed by atoms with van der Waals surface area (Å²) >= 11 is 11.9. The van der Waals surface area contributed by atoms with Gasteiger partial charge >= 0.3 is 0 Å². The summed E-state index contributed by atoms with van der Waals surface area (Å²) in [5, 5.41) is 15.9. The van der Waals surface area contributed by atoms with Crippen molar-refractivity contribution in [2.75, 3.05) is 5.01 Å². The van der Waals surface area contributed by atoms with Crippen LogP contribution >= 0.6 is 23.2 Å². The lowest BCUT2D eigenvalue weighted by Gasteiger charge is -2.12. The van der Waals surface area contributed by atoms with E-state index in [4.69, 9.17) is 23.2 Å². The molecule has 23 heavy (non-hydrogen) atoms. The Morgan fingerprint density at radius 3 is 2.61 bits per heavy atom. The summed E-state index contributed by atoms with van der Waals surface area (Å²) in [6.07, 6.45) is 1.69. The molecule has 116 valence electrons. The number of rotatable bonds is 2. The van der Waals surface area contributed by atoms with E-state index in [1.54, 1.807) is 55.5 Å². The van der Waals surface area contributed by atoms with Crippen LogP contribution in [-0.2, 0) is 4.79 Å². The van der Waals surface area contributed by atoms with Gasteiger partial charge in [0, 0.05) is 0 Å². The Kier molecular flexibility index (Phi) is 4.11. The van der Waals surface area contributed by atoms with Crippen molar-refractivity contribution in [2.24, 2.45) is 5.10 Å². The molecule has 0 aromatic heterocycles. The molecule has 1 heterocycles. The van der Waals surface area contributed by atoms with E-state index in [9.17, 15) is 9.90 Å². The fourth-order valence-corrected chi connectivity index (χ4v) is 2.55. The molecule has 1 N–H and O–H groups in total. The molecule has 0 saturated carbocycles. The number of benzene rings is 2. The monoisotopic (exact) mass is 346 g/mol. The number of carbonyl (C=O) groups is 1. The number of carbonyl (C=O) groups excluding carboxylic acids is 1. The molecule has 0 bridgehead atoms. The highest BCUT2D eigenvalue weighted by Crippen LogP contribution is 2.31. The van der Waals surface area contributed by atoms with E-state index in [0.717, 1.165) is 5.56 Å². The van der Waals surface area contributed by atoms with Crippen LogP contribution in [0, 0.1) is 0 Å². The molecule has 0 atom stereocenters. The Hall–Kier alpha value is -2.30. The lowest BCUT2D eigenvalue weighted by atomic mass is 10.1. The SMILES string of the molecule is CC1=NN(c2ccc(Cl)c(Cl)c2)C(=O)/C1=C/c1cccc(O)c1. The predicted molar refractivity (Wildman–Crippen MR) is 93.1 cm³/mol. The first-order valence-electron chi connectivity index (χ1n) is 6.81. The number of amides is 1. The van der Waals surface area contributed by atoms with Crippen LogP contribution in [0.15, 0.2) is 53.1 Å². The molecule has 0 unspecified atom stereocenters. The minimum atomic E-state index is -0.260. The van der Waals surface area contributed by atoms with Gasteiger partial charge in [0.2, 0.25) is 0 Å².